The molecule has 2 amide bonds. The molecular weight excluding hydrogens is 524 g/mol. The van der Waals surface area contributed by atoms with Crippen molar-refractivity contribution in [2.45, 2.75) is 55.5 Å². The van der Waals surface area contributed by atoms with Gasteiger partial charge < -0.3 is 14.6 Å². The Morgan fingerprint density at radius 1 is 1.11 bits per heavy atom. The zero-order valence-electron chi connectivity index (χ0n) is 21.7. The first-order chi connectivity index (χ1) is 18.3. The zero-order chi connectivity index (χ0) is 27.3. The maximum Gasteiger partial charge on any atom is 0.357 e. The van der Waals surface area contributed by atoms with Crippen molar-refractivity contribution in [1.82, 2.24) is 19.6 Å². The van der Waals surface area contributed by atoms with E-state index in [0.717, 1.165) is 24.2 Å². The van der Waals surface area contributed by atoms with Crippen LogP contribution in [0.1, 0.15) is 60.9 Å². The van der Waals surface area contributed by atoms with Crippen molar-refractivity contribution in [2.75, 3.05) is 19.4 Å². The highest BCUT2D eigenvalue weighted by Gasteiger charge is 2.33. The molecular formula is C27H32N4O5S2. The van der Waals surface area contributed by atoms with E-state index >= 15 is 0 Å². The van der Waals surface area contributed by atoms with Crippen molar-refractivity contribution < 1.29 is 22.7 Å². The molecule has 1 saturated carbocycles. The number of sulfonamides is 1. The van der Waals surface area contributed by atoms with Gasteiger partial charge in [-0.1, -0.05) is 49.4 Å². The van der Waals surface area contributed by atoms with Crippen LogP contribution >= 0.6 is 11.8 Å². The van der Waals surface area contributed by atoms with Gasteiger partial charge in [0.1, 0.15) is 10.9 Å². The minimum Gasteiger partial charge on any atom is -0.461 e. The second-order valence-corrected chi connectivity index (χ2v) is 11.4. The van der Waals surface area contributed by atoms with Crippen LogP contribution in [0.25, 0.3) is 11.1 Å². The van der Waals surface area contributed by atoms with Gasteiger partial charge in [-0.3, -0.25) is 0 Å². The summed E-state index contributed by atoms with van der Waals surface area (Å²) in [6, 6.07) is 13.3. The highest BCUT2D eigenvalue weighted by atomic mass is 32.2. The molecule has 11 heteroatoms. The van der Waals surface area contributed by atoms with Crippen LogP contribution in [-0.4, -0.2) is 49.4 Å². The fourth-order valence-electron chi connectivity index (χ4n) is 4.16. The second kappa shape index (κ2) is 12.0. The van der Waals surface area contributed by atoms with Gasteiger partial charge in [-0.05, 0) is 49.6 Å². The van der Waals surface area contributed by atoms with Gasteiger partial charge in [0.05, 0.1) is 11.5 Å². The van der Waals surface area contributed by atoms with Crippen molar-refractivity contribution in [3.63, 3.8) is 0 Å². The topological polar surface area (TPSA) is 119 Å². The van der Waals surface area contributed by atoms with E-state index in [4.69, 9.17) is 9.72 Å². The van der Waals surface area contributed by atoms with Gasteiger partial charge in [0.15, 0.2) is 5.69 Å². The lowest BCUT2D eigenvalue weighted by Gasteiger charge is -2.14. The molecule has 202 valence electrons. The maximum absolute atomic E-state index is 13.0. The third-order valence-electron chi connectivity index (χ3n) is 6.11. The number of ether oxygens (including phenoxy) is 1. The van der Waals surface area contributed by atoms with Gasteiger partial charge >= 0.3 is 12.0 Å². The van der Waals surface area contributed by atoms with Crippen LogP contribution in [0.5, 0.6) is 0 Å². The van der Waals surface area contributed by atoms with Crippen molar-refractivity contribution in [3.8, 4) is 11.1 Å². The molecule has 3 aromatic rings. The summed E-state index contributed by atoms with van der Waals surface area (Å²) < 4.78 is 35.3. The Balaban J connectivity index is 1.62. The average Bonchev–Trinajstić information content (AvgIpc) is 3.69. The lowest BCUT2D eigenvalue weighted by molar-refractivity contribution is 0.0509. The number of esters is 1. The predicted molar refractivity (Wildman–Crippen MR) is 147 cm³/mol. The number of benzene rings is 2. The Hall–Kier alpha value is -3.31. The predicted octanol–water partition coefficient (Wildman–Crippen LogP) is 4.77. The van der Waals surface area contributed by atoms with Gasteiger partial charge in [-0.25, -0.2) is 27.7 Å². The Morgan fingerprint density at radius 3 is 2.45 bits per heavy atom. The van der Waals surface area contributed by atoms with Gasteiger partial charge in [-0.15, -0.1) is 11.8 Å². The quantitative estimate of drug-likeness (QED) is 0.258. The molecule has 0 aliphatic heterocycles. The number of nitrogens with one attached hydrogen (secondary N) is 2. The van der Waals surface area contributed by atoms with Gasteiger partial charge in [0.2, 0.25) is 0 Å². The number of nitrogens with zero attached hydrogens (tertiary/aromatic N) is 2. The third kappa shape index (κ3) is 6.21. The molecule has 38 heavy (non-hydrogen) atoms. The Morgan fingerprint density at radius 2 is 1.82 bits per heavy atom. The lowest BCUT2D eigenvalue weighted by Crippen LogP contribution is -2.39. The summed E-state index contributed by atoms with van der Waals surface area (Å²) >= 11 is 1.43. The molecule has 0 bridgehead atoms. The molecule has 0 spiro atoms. The third-order valence-corrected chi connectivity index (χ3v) is 8.18. The summed E-state index contributed by atoms with van der Waals surface area (Å²) in [6.45, 7) is 4.76. The summed E-state index contributed by atoms with van der Waals surface area (Å²) in [7, 11) is -4.08. The number of carbonyl (C=O) groups excluding carboxylic acids is 2. The van der Waals surface area contributed by atoms with Crippen LogP contribution in [0.15, 0.2) is 58.5 Å². The molecule has 0 unspecified atom stereocenters. The van der Waals surface area contributed by atoms with Crippen LogP contribution in [0.3, 0.4) is 0 Å². The molecule has 1 aromatic heterocycles. The standard InChI is InChI=1S/C27H32N4O5S2/c1-4-16-28-27(33)30-38(34,35)22-9-7-6-8-21(22)19-12-10-18(11-13-19)17-31-23(26(32)36-5-2)25(37-3)29-24(31)20-14-15-20/h6-13,20H,4-5,14-17H2,1-3H3,(H2,28,30,33). The fraction of sp³-hybridized carbons (Fsp3) is 0.370. The fourth-order valence-corrected chi connectivity index (χ4v) is 5.89. The van der Waals surface area contributed by atoms with Crippen molar-refractivity contribution in [2.24, 2.45) is 0 Å². The lowest BCUT2D eigenvalue weighted by atomic mass is 10.0. The van der Waals surface area contributed by atoms with Gasteiger partial charge in [-0.2, -0.15) is 0 Å². The highest BCUT2D eigenvalue weighted by molar-refractivity contribution is 7.98. The minimum atomic E-state index is -4.08. The number of urea groups is 1. The number of hydrogen-bond acceptors (Lipinski definition) is 7. The Labute approximate surface area is 227 Å². The molecule has 1 aliphatic carbocycles. The largest absolute Gasteiger partial charge is 0.461 e. The summed E-state index contributed by atoms with van der Waals surface area (Å²) in [4.78, 5) is 29.6. The van der Waals surface area contributed by atoms with E-state index in [0.29, 0.717) is 47.3 Å². The molecule has 1 fully saturated rings. The van der Waals surface area contributed by atoms with Gasteiger partial charge in [0, 0.05) is 24.6 Å². The molecule has 1 heterocycles. The van der Waals surface area contributed by atoms with E-state index < -0.39 is 16.1 Å². The number of hydrogen-bond donors (Lipinski definition) is 2. The molecule has 1 aliphatic rings. The summed E-state index contributed by atoms with van der Waals surface area (Å²) in [5, 5.41) is 3.18. The van der Waals surface area contributed by atoms with Crippen molar-refractivity contribution in [1.29, 1.82) is 0 Å². The van der Waals surface area contributed by atoms with Crippen LogP contribution in [0, 0.1) is 0 Å². The molecule has 2 N–H and O–H groups in total. The Bertz CT molecular complexity index is 1410. The van der Waals surface area contributed by atoms with E-state index in [1.165, 1.54) is 17.8 Å². The van der Waals surface area contributed by atoms with E-state index in [1.807, 2.05) is 42.0 Å². The Kier molecular flexibility index (Phi) is 8.78. The number of rotatable bonds is 11. The number of amides is 2. The first-order valence-corrected chi connectivity index (χ1v) is 15.3. The van der Waals surface area contributed by atoms with E-state index in [-0.39, 0.29) is 17.5 Å². The van der Waals surface area contributed by atoms with E-state index in [9.17, 15) is 18.0 Å². The van der Waals surface area contributed by atoms with Crippen molar-refractivity contribution >= 4 is 33.8 Å². The smallest absolute Gasteiger partial charge is 0.357 e. The first-order valence-electron chi connectivity index (χ1n) is 12.6. The molecule has 0 saturated heterocycles. The van der Waals surface area contributed by atoms with Crippen LogP contribution in [0.2, 0.25) is 0 Å². The number of carbonyl (C=O) groups is 2. The first kappa shape index (κ1) is 27.7. The van der Waals surface area contributed by atoms with E-state index in [2.05, 4.69) is 10.0 Å². The molecule has 4 rings (SSSR count). The van der Waals surface area contributed by atoms with E-state index in [1.54, 1.807) is 25.1 Å². The number of aromatic nitrogens is 2. The summed E-state index contributed by atoms with van der Waals surface area (Å²) in [5.74, 6) is 0.843. The SMILES string of the molecule is CCCNC(=O)NS(=O)(=O)c1ccccc1-c1ccc(Cn2c(C3CC3)nc(SC)c2C(=O)OCC)cc1. The minimum absolute atomic E-state index is 0.0132. The van der Waals surface area contributed by atoms with Gasteiger partial charge in [0.25, 0.3) is 10.0 Å². The molecule has 2 aromatic carbocycles. The van der Waals surface area contributed by atoms with Crippen LogP contribution < -0.4 is 10.0 Å². The maximum atomic E-state index is 13.0. The van der Waals surface area contributed by atoms with Crippen molar-refractivity contribution in [3.05, 3.63) is 65.6 Å². The zero-order valence-corrected chi connectivity index (χ0v) is 23.3. The average molecular weight is 557 g/mol. The second-order valence-electron chi connectivity index (χ2n) is 8.96. The molecule has 9 nitrogen and oxygen atoms in total. The summed E-state index contributed by atoms with van der Waals surface area (Å²) in [6.07, 6.45) is 4.68. The number of thioether (sulfide) groups is 1. The molecule has 0 radical (unpaired) electrons. The monoisotopic (exact) mass is 556 g/mol. The van der Waals surface area contributed by atoms with Crippen LogP contribution in [-0.2, 0) is 21.3 Å². The number of imidazole rings is 1. The highest BCUT2D eigenvalue weighted by Crippen LogP contribution is 2.41. The normalized spacial score (nSPS) is 13.2. The van der Waals surface area contributed by atoms with Crippen LogP contribution in [0.4, 0.5) is 4.79 Å². The summed E-state index contributed by atoms with van der Waals surface area (Å²) in [5.41, 5.74) is 2.57. The molecule has 0 atom stereocenters.